The Morgan fingerprint density at radius 3 is 2.56 bits per heavy atom. The van der Waals surface area contributed by atoms with Crippen molar-refractivity contribution in [1.29, 1.82) is 0 Å². The molecule has 1 rings (SSSR count). The Labute approximate surface area is 150 Å². The number of amides is 2. The molecule has 0 radical (unpaired) electrons. The van der Waals surface area contributed by atoms with Crippen LogP contribution in [0.3, 0.4) is 0 Å². The summed E-state index contributed by atoms with van der Waals surface area (Å²) in [6, 6.07) is 5.56. The maximum absolute atomic E-state index is 12.0. The molecule has 140 valence electrons. The highest BCUT2D eigenvalue weighted by Crippen LogP contribution is 2.09. The van der Waals surface area contributed by atoms with E-state index >= 15 is 0 Å². The van der Waals surface area contributed by atoms with Crippen LogP contribution in [0.5, 0.6) is 0 Å². The smallest absolute Gasteiger partial charge is 0.407 e. The number of hydrogen-bond acceptors (Lipinski definition) is 5. The maximum atomic E-state index is 12.0. The van der Waals surface area contributed by atoms with Crippen LogP contribution >= 0.6 is 0 Å². The van der Waals surface area contributed by atoms with E-state index in [9.17, 15) is 9.59 Å². The first kappa shape index (κ1) is 20.7. The van der Waals surface area contributed by atoms with Gasteiger partial charge in [0.15, 0.2) is 0 Å². The Bertz CT molecular complexity index is 582. The van der Waals surface area contributed by atoms with Gasteiger partial charge in [-0.1, -0.05) is 6.07 Å². The number of carbonyl (C=O) groups is 2. The zero-order valence-electron chi connectivity index (χ0n) is 16.0. The van der Waals surface area contributed by atoms with E-state index in [0.717, 1.165) is 11.5 Å². The minimum absolute atomic E-state index is 0.0742. The first-order chi connectivity index (χ1) is 11.6. The van der Waals surface area contributed by atoms with Crippen molar-refractivity contribution in [2.75, 3.05) is 19.0 Å². The van der Waals surface area contributed by atoms with Gasteiger partial charge < -0.3 is 20.3 Å². The molecule has 2 N–H and O–H groups in total. The van der Waals surface area contributed by atoms with Crippen LogP contribution < -0.4 is 15.5 Å². The van der Waals surface area contributed by atoms with Crippen LogP contribution in [0, 0.1) is 0 Å². The predicted octanol–water partition coefficient (Wildman–Crippen LogP) is 2.46. The molecule has 1 heterocycles. The summed E-state index contributed by atoms with van der Waals surface area (Å²) in [6.07, 6.45) is 0.394. The molecule has 0 saturated carbocycles. The van der Waals surface area contributed by atoms with Crippen LogP contribution in [0.1, 0.15) is 46.2 Å². The van der Waals surface area contributed by atoms with Gasteiger partial charge >= 0.3 is 6.09 Å². The second kappa shape index (κ2) is 9.25. The number of carbonyl (C=O) groups excluding carboxylic acids is 2. The fourth-order valence-corrected chi connectivity index (χ4v) is 2.02. The Morgan fingerprint density at radius 1 is 1.28 bits per heavy atom. The number of nitrogens with zero attached hydrogens (tertiary/aromatic N) is 2. The SMILES string of the molecule is CC(CCC(=O)NCc1cccc(N(C)C)n1)NC(=O)OC(C)(C)C. The molecule has 0 spiro atoms. The molecule has 7 heteroatoms. The highest BCUT2D eigenvalue weighted by atomic mass is 16.6. The molecule has 1 aromatic heterocycles. The molecule has 1 unspecified atom stereocenters. The zero-order chi connectivity index (χ0) is 19.0. The van der Waals surface area contributed by atoms with Crippen molar-refractivity contribution in [2.45, 2.75) is 58.7 Å². The molecule has 0 aromatic carbocycles. The van der Waals surface area contributed by atoms with E-state index in [1.165, 1.54) is 0 Å². The molecule has 7 nitrogen and oxygen atoms in total. The lowest BCUT2D eigenvalue weighted by atomic mass is 10.1. The first-order valence-corrected chi connectivity index (χ1v) is 8.46. The van der Waals surface area contributed by atoms with E-state index in [4.69, 9.17) is 4.74 Å². The lowest BCUT2D eigenvalue weighted by Gasteiger charge is -2.21. The van der Waals surface area contributed by atoms with Gasteiger partial charge in [-0.3, -0.25) is 4.79 Å². The van der Waals surface area contributed by atoms with Gasteiger partial charge in [-0.15, -0.1) is 0 Å². The molecule has 1 atom stereocenters. The fraction of sp³-hybridized carbons (Fsp3) is 0.611. The van der Waals surface area contributed by atoms with Crippen LogP contribution in [0.15, 0.2) is 18.2 Å². The second-order valence-corrected chi connectivity index (χ2v) is 7.24. The molecule has 1 aromatic rings. The second-order valence-electron chi connectivity index (χ2n) is 7.24. The van der Waals surface area contributed by atoms with Gasteiger partial charge in [0.2, 0.25) is 5.91 Å². The van der Waals surface area contributed by atoms with Crippen molar-refractivity contribution in [3.05, 3.63) is 23.9 Å². The van der Waals surface area contributed by atoms with E-state index in [1.807, 2.05) is 64.9 Å². The fourth-order valence-electron chi connectivity index (χ4n) is 2.02. The Morgan fingerprint density at radius 2 is 1.96 bits per heavy atom. The van der Waals surface area contributed by atoms with Crippen molar-refractivity contribution in [2.24, 2.45) is 0 Å². The van der Waals surface area contributed by atoms with Gasteiger partial charge in [0.25, 0.3) is 0 Å². The highest BCUT2D eigenvalue weighted by molar-refractivity contribution is 5.76. The topological polar surface area (TPSA) is 83.6 Å². The van der Waals surface area contributed by atoms with Gasteiger partial charge in [0, 0.05) is 26.6 Å². The van der Waals surface area contributed by atoms with Gasteiger partial charge in [-0.25, -0.2) is 9.78 Å². The quantitative estimate of drug-likeness (QED) is 0.789. The summed E-state index contributed by atoms with van der Waals surface area (Å²) in [5, 5.41) is 5.57. The summed E-state index contributed by atoms with van der Waals surface area (Å²) in [7, 11) is 3.84. The highest BCUT2D eigenvalue weighted by Gasteiger charge is 2.18. The van der Waals surface area contributed by atoms with Crippen LogP contribution in [0.2, 0.25) is 0 Å². The van der Waals surface area contributed by atoms with Crippen LogP contribution in [-0.4, -0.2) is 42.7 Å². The zero-order valence-corrected chi connectivity index (χ0v) is 16.0. The van der Waals surface area contributed by atoms with Crippen LogP contribution in [0.4, 0.5) is 10.6 Å². The number of nitrogens with one attached hydrogen (secondary N) is 2. The van der Waals surface area contributed by atoms with Gasteiger partial charge in [-0.05, 0) is 46.2 Å². The number of alkyl carbamates (subject to hydrolysis) is 1. The molecular weight excluding hydrogens is 320 g/mol. The Balaban J connectivity index is 2.33. The van der Waals surface area contributed by atoms with Crippen molar-refractivity contribution in [1.82, 2.24) is 15.6 Å². The molecule has 0 fully saturated rings. The van der Waals surface area contributed by atoms with Gasteiger partial charge in [-0.2, -0.15) is 0 Å². The number of aromatic nitrogens is 1. The average Bonchev–Trinajstić information content (AvgIpc) is 2.49. The minimum atomic E-state index is -0.532. The average molecular weight is 350 g/mol. The number of ether oxygens (including phenoxy) is 1. The van der Waals surface area contributed by atoms with E-state index < -0.39 is 11.7 Å². The summed E-state index contributed by atoms with van der Waals surface area (Å²) in [5.74, 6) is 0.775. The van der Waals surface area contributed by atoms with E-state index in [2.05, 4.69) is 15.6 Å². The number of anilines is 1. The molecule has 2 amide bonds. The monoisotopic (exact) mass is 350 g/mol. The lowest BCUT2D eigenvalue weighted by molar-refractivity contribution is -0.121. The molecule has 0 saturated heterocycles. The normalized spacial score (nSPS) is 12.2. The van der Waals surface area contributed by atoms with Crippen LogP contribution in [0.25, 0.3) is 0 Å². The largest absolute Gasteiger partial charge is 0.444 e. The summed E-state index contributed by atoms with van der Waals surface area (Å²) < 4.78 is 5.19. The van der Waals surface area contributed by atoms with Crippen molar-refractivity contribution < 1.29 is 14.3 Å². The summed E-state index contributed by atoms with van der Waals surface area (Å²) in [6.45, 7) is 7.66. The third-order valence-electron chi connectivity index (χ3n) is 3.28. The maximum Gasteiger partial charge on any atom is 0.407 e. The number of hydrogen-bond donors (Lipinski definition) is 2. The number of rotatable bonds is 7. The minimum Gasteiger partial charge on any atom is -0.444 e. The Hall–Kier alpha value is -2.31. The number of pyridine rings is 1. The van der Waals surface area contributed by atoms with Crippen molar-refractivity contribution in [3.63, 3.8) is 0 Å². The van der Waals surface area contributed by atoms with Crippen LogP contribution in [-0.2, 0) is 16.1 Å². The third-order valence-corrected chi connectivity index (χ3v) is 3.28. The molecule has 0 aliphatic carbocycles. The lowest BCUT2D eigenvalue weighted by Crippen LogP contribution is -2.38. The van der Waals surface area contributed by atoms with Gasteiger partial charge in [0.05, 0.1) is 12.2 Å². The summed E-state index contributed by atoms with van der Waals surface area (Å²) in [5.41, 5.74) is 0.273. The summed E-state index contributed by atoms with van der Waals surface area (Å²) in [4.78, 5) is 30.0. The molecule has 0 aliphatic rings. The Kier molecular flexibility index (Phi) is 7.67. The van der Waals surface area contributed by atoms with Gasteiger partial charge in [0.1, 0.15) is 11.4 Å². The van der Waals surface area contributed by atoms with Crippen molar-refractivity contribution in [3.8, 4) is 0 Å². The summed E-state index contributed by atoms with van der Waals surface area (Å²) >= 11 is 0. The van der Waals surface area contributed by atoms with Crippen molar-refractivity contribution >= 4 is 17.8 Å². The predicted molar refractivity (Wildman–Crippen MR) is 98.5 cm³/mol. The standard InChI is InChI=1S/C18H30N4O3/c1-13(20-17(24)25-18(2,3)4)10-11-16(23)19-12-14-8-7-9-15(21-14)22(5)6/h7-9,13H,10-12H2,1-6H3,(H,19,23)(H,20,24). The van der Waals surface area contributed by atoms with E-state index in [1.54, 1.807) is 0 Å². The third kappa shape index (κ3) is 8.93. The first-order valence-electron chi connectivity index (χ1n) is 8.46. The molecule has 0 bridgehead atoms. The molecular formula is C18H30N4O3. The van der Waals surface area contributed by atoms with E-state index in [-0.39, 0.29) is 11.9 Å². The van der Waals surface area contributed by atoms with E-state index in [0.29, 0.717) is 19.4 Å². The molecule has 25 heavy (non-hydrogen) atoms. The molecule has 0 aliphatic heterocycles.